The first-order valence-electron chi connectivity index (χ1n) is 13.6. The fourth-order valence-corrected chi connectivity index (χ4v) is 4.75. The second-order valence-electron chi connectivity index (χ2n) is 11.0. The Balaban J connectivity index is 1.32. The Morgan fingerprint density at radius 1 is 1.07 bits per heavy atom. The van der Waals surface area contributed by atoms with Gasteiger partial charge in [0.2, 0.25) is 5.91 Å². The van der Waals surface area contributed by atoms with Crippen molar-refractivity contribution in [3.63, 3.8) is 0 Å². The van der Waals surface area contributed by atoms with Gasteiger partial charge in [-0.25, -0.2) is 4.79 Å². The average molecular weight is 568 g/mol. The standard InChI is InChI=1S/C30H38ClN5O4/c1-30(2,3)40-29(38)34-23-12-15-36(16-13-23)17-18-39-27-10-9-24(20-25(27)26-11-14-32-35(26)4)33-28(37)19-21-5-7-22(31)8-6-21/h5-11,14,20,23H,12-13,15-19H2,1-4H3,(H,33,37)(H,34,38). The maximum Gasteiger partial charge on any atom is 0.407 e. The van der Waals surface area contributed by atoms with E-state index in [9.17, 15) is 9.59 Å². The third-order valence-corrected chi connectivity index (χ3v) is 6.86. The number of halogens is 1. The van der Waals surface area contributed by atoms with E-state index in [0.717, 1.165) is 55.0 Å². The summed E-state index contributed by atoms with van der Waals surface area (Å²) < 4.78 is 13.4. The predicted molar refractivity (Wildman–Crippen MR) is 157 cm³/mol. The molecule has 1 aliphatic rings. The summed E-state index contributed by atoms with van der Waals surface area (Å²) in [6, 6.07) is 14.9. The van der Waals surface area contributed by atoms with Crippen molar-refractivity contribution in [1.82, 2.24) is 20.0 Å². The van der Waals surface area contributed by atoms with E-state index in [4.69, 9.17) is 21.1 Å². The first-order valence-corrected chi connectivity index (χ1v) is 13.9. The van der Waals surface area contributed by atoms with Crippen LogP contribution >= 0.6 is 11.6 Å². The average Bonchev–Trinajstić information content (AvgIpc) is 3.31. The fourth-order valence-electron chi connectivity index (χ4n) is 4.62. The molecule has 1 fully saturated rings. The van der Waals surface area contributed by atoms with Crippen LogP contribution in [-0.4, -0.2) is 64.6 Å². The fraction of sp³-hybridized carbons (Fsp3) is 0.433. The number of ether oxygens (including phenoxy) is 2. The molecule has 9 nitrogen and oxygen atoms in total. The number of aromatic nitrogens is 2. The highest BCUT2D eigenvalue weighted by atomic mass is 35.5. The highest BCUT2D eigenvalue weighted by Crippen LogP contribution is 2.32. The zero-order valence-electron chi connectivity index (χ0n) is 23.6. The highest BCUT2D eigenvalue weighted by molar-refractivity contribution is 6.30. The molecular weight excluding hydrogens is 530 g/mol. The summed E-state index contributed by atoms with van der Waals surface area (Å²) in [7, 11) is 1.88. The number of alkyl carbamates (subject to hydrolysis) is 1. The van der Waals surface area contributed by atoms with E-state index < -0.39 is 5.60 Å². The van der Waals surface area contributed by atoms with Crippen molar-refractivity contribution in [3.05, 3.63) is 65.3 Å². The quantitative estimate of drug-likeness (QED) is 0.365. The van der Waals surface area contributed by atoms with E-state index in [2.05, 4.69) is 20.6 Å². The predicted octanol–water partition coefficient (Wildman–Crippen LogP) is 5.29. The second-order valence-corrected chi connectivity index (χ2v) is 11.4. The van der Waals surface area contributed by atoms with Crippen molar-refractivity contribution in [2.24, 2.45) is 7.05 Å². The van der Waals surface area contributed by atoms with Crippen molar-refractivity contribution in [2.75, 3.05) is 31.6 Å². The van der Waals surface area contributed by atoms with Crippen molar-refractivity contribution < 1.29 is 19.1 Å². The third-order valence-electron chi connectivity index (χ3n) is 6.61. The molecule has 0 spiro atoms. The molecule has 2 aromatic carbocycles. The summed E-state index contributed by atoms with van der Waals surface area (Å²) in [6.07, 6.45) is 3.36. The molecule has 2 heterocycles. The van der Waals surface area contributed by atoms with E-state index in [0.29, 0.717) is 17.3 Å². The summed E-state index contributed by atoms with van der Waals surface area (Å²) in [5, 5.41) is 10.9. The number of likely N-dealkylation sites (tertiary alicyclic amines) is 1. The molecule has 0 atom stereocenters. The van der Waals surface area contributed by atoms with Gasteiger partial charge in [0.25, 0.3) is 0 Å². The Labute approximate surface area is 240 Å². The number of piperidine rings is 1. The molecule has 2 amide bonds. The monoisotopic (exact) mass is 567 g/mol. The zero-order valence-corrected chi connectivity index (χ0v) is 24.3. The molecule has 0 unspecified atom stereocenters. The summed E-state index contributed by atoms with van der Waals surface area (Å²) in [5.41, 5.74) is 2.81. The van der Waals surface area contributed by atoms with Gasteiger partial charge < -0.3 is 20.1 Å². The molecule has 0 radical (unpaired) electrons. The van der Waals surface area contributed by atoms with Crippen molar-refractivity contribution in [2.45, 2.75) is 51.7 Å². The van der Waals surface area contributed by atoms with Crippen molar-refractivity contribution >= 4 is 29.3 Å². The molecule has 0 aliphatic carbocycles. The van der Waals surface area contributed by atoms with Gasteiger partial charge in [-0.3, -0.25) is 14.4 Å². The number of carbonyl (C=O) groups is 2. The topological polar surface area (TPSA) is 97.7 Å². The van der Waals surface area contributed by atoms with Crippen LogP contribution in [0.25, 0.3) is 11.3 Å². The molecule has 0 bridgehead atoms. The molecule has 1 aromatic heterocycles. The summed E-state index contributed by atoms with van der Waals surface area (Å²) in [4.78, 5) is 27.1. The Bertz CT molecular complexity index is 1290. The van der Waals surface area contributed by atoms with Gasteiger partial charge in [0.15, 0.2) is 0 Å². The Hall–Kier alpha value is -3.56. The molecule has 2 N–H and O–H groups in total. The maximum atomic E-state index is 12.7. The van der Waals surface area contributed by atoms with Crippen LogP contribution in [0.15, 0.2) is 54.7 Å². The van der Waals surface area contributed by atoms with Crippen LogP contribution in [0.4, 0.5) is 10.5 Å². The Morgan fingerprint density at radius 2 is 1.80 bits per heavy atom. The van der Waals surface area contributed by atoms with Gasteiger partial charge in [0.1, 0.15) is 18.0 Å². The van der Waals surface area contributed by atoms with E-state index in [-0.39, 0.29) is 24.5 Å². The van der Waals surface area contributed by atoms with Gasteiger partial charge >= 0.3 is 6.09 Å². The van der Waals surface area contributed by atoms with Gasteiger partial charge in [0, 0.05) is 55.2 Å². The number of rotatable bonds is 9. The number of amides is 2. The normalized spacial score (nSPS) is 14.5. The Kier molecular flexibility index (Phi) is 9.71. The minimum atomic E-state index is -0.502. The number of hydrogen-bond acceptors (Lipinski definition) is 6. The van der Waals surface area contributed by atoms with Gasteiger partial charge in [-0.05, 0) is 75.6 Å². The number of nitrogens with one attached hydrogen (secondary N) is 2. The molecule has 10 heteroatoms. The summed E-state index contributed by atoms with van der Waals surface area (Å²) in [5.74, 6) is 0.609. The summed E-state index contributed by atoms with van der Waals surface area (Å²) in [6.45, 7) is 8.61. The number of aryl methyl sites for hydroxylation is 1. The van der Waals surface area contributed by atoms with Crippen LogP contribution in [0.2, 0.25) is 5.02 Å². The molecule has 214 valence electrons. The number of carbonyl (C=O) groups excluding carboxylic acids is 2. The molecule has 1 saturated heterocycles. The third kappa shape index (κ3) is 8.72. The lowest BCUT2D eigenvalue weighted by Gasteiger charge is -2.32. The van der Waals surface area contributed by atoms with Crippen LogP contribution in [0.5, 0.6) is 5.75 Å². The number of anilines is 1. The summed E-state index contributed by atoms with van der Waals surface area (Å²) >= 11 is 5.95. The van der Waals surface area contributed by atoms with E-state index >= 15 is 0 Å². The minimum Gasteiger partial charge on any atom is -0.492 e. The lowest BCUT2D eigenvalue weighted by Crippen LogP contribution is -2.46. The Morgan fingerprint density at radius 3 is 2.45 bits per heavy atom. The molecule has 4 rings (SSSR count). The molecule has 40 heavy (non-hydrogen) atoms. The first-order chi connectivity index (χ1) is 19.1. The van der Waals surface area contributed by atoms with E-state index in [1.54, 1.807) is 23.0 Å². The number of hydrogen-bond donors (Lipinski definition) is 2. The smallest absolute Gasteiger partial charge is 0.407 e. The maximum absolute atomic E-state index is 12.7. The van der Waals surface area contributed by atoms with Crippen LogP contribution < -0.4 is 15.4 Å². The van der Waals surface area contributed by atoms with Gasteiger partial charge in [-0.1, -0.05) is 23.7 Å². The van der Waals surface area contributed by atoms with Gasteiger partial charge in [-0.15, -0.1) is 0 Å². The molecular formula is C30H38ClN5O4. The number of nitrogens with zero attached hydrogens (tertiary/aromatic N) is 3. The minimum absolute atomic E-state index is 0.114. The van der Waals surface area contributed by atoms with Crippen molar-refractivity contribution in [3.8, 4) is 17.0 Å². The van der Waals surface area contributed by atoms with Crippen LogP contribution in [-0.2, 0) is 23.0 Å². The SMILES string of the molecule is Cn1nccc1-c1cc(NC(=O)Cc2ccc(Cl)cc2)ccc1OCCN1CCC(NC(=O)OC(C)(C)C)CC1. The van der Waals surface area contributed by atoms with E-state index in [1.165, 1.54) is 0 Å². The molecule has 0 saturated carbocycles. The highest BCUT2D eigenvalue weighted by Gasteiger charge is 2.23. The lowest BCUT2D eigenvalue weighted by molar-refractivity contribution is -0.115. The number of benzene rings is 2. The van der Waals surface area contributed by atoms with Crippen LogP contribution in [0.1, 0.15) is 39.2 Å². The zero-order chi connectivity index (χ0) is 28.7. The van der Waals surface area contributed by atoms with Crippen LogP contribution in [0, 0.1) is 0 Å². The first kappa shape index (κ1) is 29.4. The molecule has 1 aliphatic heterocycles. The van der Waals surface area contributed by atoms with Crippen molar-refractivity contribution in [1.29, 1.82) is 0 Å². The second kappa shape index (κ2) is 13.2. The van der Waals surface area contributed by atoms with E-state index in [1.807, 2.05) is 64.2 Å². The van der Waals surface area contributed by atoms with Gasteiger partial charge in [-0.2, -0.15) is 5.10 Å². The molecule has 3 aromatic rings. The van der Waals surface area contributed by atoms with Crippen LogP contribution in [0.3, 0.4) is 0 Å². The largest absolute Gasteiger partial charge is 0.492 e. The lowest BCUT2D eigenvalue weighted by atomic mass is 10.1. The van der Waals surface area contributed by atoms with Gasteiger partial charge in [0.05, 0.1) is 12.1 Å².